The summed E-state index contributed by atoms with van der Waals surface area (Å²) < 4.78 is 10.7. The van der Waals surface area contributed by atoms with Gasteiger partial charge in [-0.15, -0.1) is 0 Å². The first-order chi connectivity index (χ1) is 14.5. The van der Waals surface area contributed by atoms with Gasteiger partial charge in [0.1, 0.15) is 5.75 Å². The Hall–Kier alpha value is -3.06. The molecule has 0 aliphatic rings. The summed E-state index contributed by atoms with van der Waals surface area (Å²) in [6, 6.07) is 14.3. The average molecular weight is 414 g/mol. The normalized spacial score (nSPS) is 11.4. The highest BCUT2D eigenvalue weighted by molar-refractivity contribution is 5.95. The Morgan fingerprint density at radius 2 is 1.67 bits per heavy atom. The smallest absolute Gasteiger partial charge is 0.251 e. The van der Waals surface area contributed by atoms with Crippen molar-refractivity contribution in [3.8, 4) is 5.75 Å². The van der Waals surface area contributed by atoms with E-state index in [-0.39, 0.29) is 24.5 Å². The summed E-state index contributed by atoms with van der Waals surface area (Å²) >= 11 is 0. The van der Waals surface area contributed by atoms with Crippen LogP contribution in [0, 0.1) is 0 Å². The second kappa shape index (κ2) is 12.5. The number of hydrogen-bond acceptors (Lipinski definition) is 5. The molecular formula is C23H31N3O4. The van der Waals surface area contributed by atoms with E-state index < -0.39 is 0 Å². The highest BCUT2D eigenvalue weighted by Gasteiger charge is 2.07. The maximum atomic E-state index is 12.2. The summed E-state index contributed by atoms with van der Waals surface area (Å²) in [6.45, 7) is 5.38. The second-order valence-corrected chi connectivity index (χ2v) is 6.94. The fourth-order valence-corrected chi connectivity index (χ4v) is 2.58. The zero-order valence-electron chi connectivity index (χ0n) is 17.9. The van der Waals surface area contributed by atoms with E-state index in [0.717, 1.165) is 24.3 Å². The lowest BCUT2D eigenvalue weighted by Crippen LogP contribution is -2.25. The van der Waals surface area contributed by atoms with E-state index in [1.54, 1.807) is 31.4 Å². The van der Waals surface area contributed by atoms with Crippen LogP contribution in [0.15, 0.2) is 48.5 Å². The van der Waals surface area contributed by atoms with Crippen LogP contribution in [0.4, 0.5) is 11.4 Å². The topological polar surface area (TPSA) is 88.7 Å². The standard InChI is InChI=1S/C23H31N3O4/c1-4-17(2)30-21-12-10-20(11-13-21)26-22(27)16-25-19-8-6-18(7-9-19)23(28)24-14-5-15-29-3/h6-13,17,25H,4-5,14-16H2,1-3H3,(H,24,28)(H,26,27). The van der Waals surface area contributed by atoms with Gasteiger partial charge in [-0.25, -0.2) is 0 Å². The number of nitrogens with one attached hydrogen (secondary N) is 3. The summed E-state index contributed by atoms with van der Waals surface area (Å²) in [5, 5.41) is 8.73. The first-order valence-electron chi connectivity index (χ1n) is 10.2. The van der Waals surface area contributed by atoms with Gasteiger partial charge in [-0.1, -0.05) is 6.92 Å². The minimum atomic E-state index is -0.162. The van der Waals surface area contributed by atoms with Crippen LogP contribution in [0.25, 0.3) is 0 Å². The maximum absolute atomic E-state index is 12.2. The SMILES string of the molecule is CCC(C)Oc1ccc(NC(=O)CNc2ccc(C(=O)NCCCOC)cc2)cc1. The van der Waals surface area contributed by atoms with Crippen molar-refractivity contribution in [2.24, 2.45) is 0 Å². The molecule has 0 aliphatic heterocycles. The van der Waals surface area contributed by atoms with E-state index in [1.807, 2.05) is 31.2 Å². The first-order valence-corrected chi connectivity index (χ1v) is 10.2. The molecule has 30 heavy (non-hydrogen) atoms. The van der Waals surface area contributed by atoms with E-state index in [1.165, 1.54) is 0 Å². The van der Waals surface area contributed by atoms with Crippen molar-refractivity contribution in [2.75, 3.05) is 37.4 Å². The molecule has 2 amide bonds. The highest BCUT2D eigenvalue weighted by atomic mass is 16.5. The third kappa shape index (κ3) is 8.13. The van der Waals surface area contributed by atoms with Gasteiger partial charge in [-0.2, -0.15) is 0 Å². The molecule has 3 N–H and O–H groups in total. The van der Waals surface area contributed by atoms with Crippen molar-refractivity contribution in [2.45, 2.75) is 32.8 Å². The van der Waals surface area contributed by atoms with Gasteiger partial charge in [-0.05, 0) is 68.3 Å². The molecule has 7 heteroatoms. The van der Waals surface area contributed by atoms with Gasteiger partial charge < -0.3 is 25.4 Å². The molecular weight excluding hydrogens is 382 g/mol. The predicted molar refractivity (Wildman–Crippen MR) is 119 cm³/mol. The lowest BCUT2D eigenvalue weighted by molar-refractivity contribution is -0.114. The van der Waals surface area contributed by atoms with E-state index >= 15 is 0 Å². The Kier molecular flexibility index (Phi) is 9.67. The lowest BCUT2D eigenvalue weighted by atomic mass is 10.2. The van der Waals surface area contributed by atoms with Crippen molar-refractivity contribution in [3.63, 3.8) is 0 Å². The number of carbonyl (C=O) groups is 2. The van der Waals surface area contributed by atoms with E-state index in [4.69, 9.17) is 9.47 Å². The fraction of sp³-hybridized carbons (Fsp3) is 0.391. The molecule has 7 nitrogen and oxygen atoms in total. The monoisotopic (exact) mass is 413 g/mol. The third-order valence-corrected chi connectivity index (χ3v) is 4.46. The minimum absolute atomic E-state index is 0.119. The number of rotatable bonds is 12. The number of carbonyl (C=O) groups excluding carboxylic acids is 2. The molecule has 0 saturated carbocycles. The molecule has 1 atom stereocenters. The molecule has 0 spiro atoms. The summed E-state index contributed by atoms with van der Waals surface area (Å²) in [5.41, 5.74) is 2.04. The molecule has 2 aromatic carbocycles. The van der Waals surface area contributed by atoms with Crippen LogP contribution in [0.3, 0.4) is 0 Å². The second-order valence-electron chi connectivity index (χ2n) is 6.94. The van der Waals surface area contributed by atoms with Crippen molar-refractivity contribution in [3.05, 3.63) is 54.1 Å². The lowest BCUT2D eigenvalue weighted by Gasteiger charge is -2.13. The number of benzene rings is 2. The van der Waals surface area contributed by atoms with Gasteiger partial charge in [0.05, 0.1) is 12.6 Å². The van der Waals surface area contributed by atoms with Gasteiger partial charge in [0.15, 0.2) is 0 Å². The molecule has 2 aromatic rings. The summed E-state index contributed by atoms with van der Waals surface area (Å²) in [7, 11) is 1.63. The highest BCUT2D eigenvalue weighted by Crippen LogP contribution is 2.17. The number of methoxy groups -OCH3 is 1. The Morgan fingerprint density at radius 1 is 1.00 bits per heavy atom. The van der Waals surface area contributed by atoms with Crippen LogP contribution < -0.4 is 20.7 Å². The van der Waals surface area contributed by atoms with Crippen molar-refractivity contribution in [1.82, 2.24) is 5.32 Å². The fourth-order valence-electron chi connectivity index (χ4n) is 2.58. The van der Waals surface area contributed by atoms with Crippen LogP contribution in [0.5, 0.6) is 5.75 Å². The number of anilines is 2. The van der Waals surface area contributed by atoms with Gasteiger partial charge in [-0.3, -0.25) is 9.59 Å². The van der Waals surface area contributed by atoms with Crippen molar-refractivity contribution >= 4 is 23.2 Å². The molecule has 0 fully saturated rings. The number of ether oxygens (including phenoxy) is 2. The molecule has 0 aliphatic carbocycles. The number of amides is 2. The van der Waals surface area contributed by atoms with E-state index in [0.29, 0.717) is 24.4 Å². The molecule has 162 valence electrons. The number of hydrogen-bond donors (Lipinski definition) is 3. The zero-order chi connectivity index (χ0) is 21.8. The van der Waals surface area contributed by atoms with Crippen LogP contribution >= 0.6 is 0 Å². The van der Waals surface area contributed by atoms with Crippen LogP contribution in [0.2, 0.25) is 0 Å². The molecule has 2 rings (SSSR count). The molecule has 0 aromatic heterocycles. The third-order valence-electron chi connectivity index (χ3n) is 4.46. The Bertz CT molecular complexity index is 791. The van der Waals surface area contributed by atoms with Gasteiger partial charge >= 0.3 is 0 Å². The predicted octanol–water partition coefficient (Wildman–Crippen LogP) is 3.68. The summed E-state index contributed by atoms with van der Waals surface area (Å²) in [4.78, 5) is 24.2. The zero-order valence-corrected chi connectivity index (χ0v) is 17.9. The Labute approximate surface area is 178 Å². The Balaban J connectivity index is 1.75. The largest absolute Gasteiger partial charge is 0.491 e. The summed E-state index contributed by atoms with van der Waals surface area (Å²) in [5.74, 6) is 0.491. The van der Waals surface area contributed by atoms with Crippen molar-refractivity contribution in [1.29, 1.82) is 0 Å². The van der Waals surface area contributed by atoms with Gasteiger partial charge in [0, 0.05) is 37.2 Å². The minimum Gasteiger partial charge on any atom is -0.491 e. The van der Waals surface area contributed by atoms with E-state index in [9.17, 15) is 9.59 Å². The van der Waals surface area contributed by atoms with Gasteiger partial charge in [0.2, 0.25) is 5.91 Å². The Morgan fingerprint density at radius 3 is 2.30 bits per heavy atom. The molecule has 1 unspecified atom stereocenters. The first kappa shape index (κ1) is 23.2. The molecule has 0 bridgehead atoms. The summed E-state index contributed by atoms with van der Waals surface area (Å²) in [6.07, 6.45) is 1.86. The molecule has 0 radical (unpaired) electrons. The van der Waals surface area contributed by atoms with Crippen LogP contribution in [-0.2, 0) is 9.53 Å². The van der Waals surface area contributed by atoms with Crippen molar-refractivity contribution < 1.29 is 19.1 Å². The van der Waals surface area contributed by atoms with Crippen LogP contribution in [-0.4, -0.2) is 44.7 Å². The molecule has 0 heterocycles. The molecule has 0 saturated heterocycles. The van der Waals surface area contributed by atoms with E-state index in [2.05, 4.69) is 22.9 Å². The van der Waals surface area contributed by atoms with Crippen LogP contribution in [0.1, 0.15) is 37.0 Å². The van der Waals surface area contributed by atoms with Gasteiger partial charge in [0.25, 0.3) is 5.91 Å². The average Bonchev–Trinajstić information content (AvgIpc) is 2.76. The maximum Gasteiger partial charge on any atom is 0.251 e. The quantitative estimate of drug-likeness (QED) is 0.462.